The Morgan fingerprint density at radius 1 is 1.31 bits per heavy atom. The first-order valence-corrected chi connectivity index (χ1v) is 11.2. The number of halogens is 1. The van der Waals surface area contributed by atoms with Crippen molar-refractivity contribution in [2.24, 2.45) is 0 Å². The summed E-state index contributed by atoms with van der Waals surface area (Å²) in [5, 5.41) is 11.9. The molecule has 0 aliphatic heterocycles. The van der Waals surface area contributed by atoms with Crippen LogP contribution >= 0.6 is 34.7 Å². The highest BCUT2D eigenvalue weighted by atomic mass is 35.5. The molecule has 0 aliphatic rings. The second-order valence-corrected chi connectivity index (χ2v) is 8.48. The lowest BCUT2D eigenvalue weighted by Crippen LogP contribution is -2.13. The molecule has 0 aliphatic carbocycles. The Morgan fingerprint density at radius 3 is 2.97 bits per heavy atom. The predicted molar refractivity (Wildman–Crippen MR) is 115 cm³/mol. The van der Waals surface area contributed by atoms with E-state index in [0.717, 1.165) is 16.7 Å². The standard InChI is InChI=1S/C19H18ClN5O2S2/c1-3-24-17(12(2)27-15-6-4-5-13(20)9-15)22-23-19(24)29-11-14-10-16(26)25-7-8-28-18(25)21-14/h4-10,12H,3,11H2,1-2H3. The van der Waals surface area contributed by atoms with Crippen LogP contribution in [0.3, 0.4) is 0 Å². The number of rotatable bonds is 7. The fraction of sp³-hybridized carbons (Fsp3) is 0.263. The Hall–Kier alpha value is -2.36. The summed E-state index contributed by atoms with van der Waals surface area (Å²) in [6.07, 6.45) is 1.44. The van der Waals surface area contributed by atoms with Crippen LogP contribution in [0.15, 0.2) is 51.9 Å². The van der Waals surface area contributed by atoms with Crippen molar-refractivity contribution in [2.45, 2.75) is 37.4 Å². The summed E-state index contributed by atoms with van der Waals surface area (Å²) in [5.74, 6) is 1.95. The second-order valence-electron chi connectivity index (χ2n) is 6.23. The van der Waals surface area contributed by atoms with Gasteiger partial charge in [-0.05, 0) is 32.0 Å². The lowest BCUT2D eigenvalue weighted by atomic mass is 10.3. The maximum Gasteiger partial charge on any atom is 0.258 e. The van der Waals surface area contributed by atoms with E-state index in [9.17, 15) is 4.79 Å². The van der Waals surface area contributed by atoms with Gasteiger partial charge in [0.25, 0.3) is 5.56 Å². The summed E-state index contributed by atoms with van der Waals surface area (Å²) >= 11 is 8.97. The molecule has 1 aromatic carbocycles. The van der Waals surface area contributed by atoms with Crippen molar-refractivity contribution in [2.75, 3.05) is 0 Å². The van der Waals surface area contributed by atoms with Crippen molar-refractivity contribution in [3.8, 4) is 5.75 Å². The highest BCUT2D eigenvalue weighted by molar-refractivity contribution is 7.98. The van der Waals surface area contributed by atoms with Crippen molar-refractivity contribution in [1.29, 1.82) is 0 Å². The molecule has 1 atom stereocenters. The van der Waals surface area contributed by atoms with E-state index < -0.39 is 0 Å². The van der Waals surface area contributed by atoms with Crippen molar-refractivity contribution in [3.05, 3.63) is 68.8 Å². The minimum atomic E-state index is -0.291. The number of aromatic nitrogens is 5. The quantitative estimate of drug-likeness (QED) is 0.389. The van der Waals surface area contributed by atoms with Gasteiger partial charge in [-0.1, -0.05) is 29.4 Å². The number of thioether (sulfide) groups is 1. The van der Waals surface area contributed by atoms with Gasteiger partial charge in [0.2, 0.25) is 0 Å². The number of hydrogen-bond acceptors (Lipinski definition) is 7. The summed E-state index contributed by atoms with van der Waals surface area (Å²) in [4.78, 5) is 17.4. The van der Waals surface area contributed by atoms with Crippen molar-refractivity contribution in [3.63, 3.8) is 0 Å². The zero-order chi connectivity index (χ0) is 20.4. The molecule has 0 amide bonds. The molecule has 7 nitrogen and oxygen atoms in total. The molecule has 1 unspecified atom stereocenters. The zero-order valence-electron chi connectivity index (χ0n) is 15.8. The minimum Gasteiger partial charge on any atom is -0.483 e. The van der Waals surface area contributed by atoms with E-state index >= 15 is 0 Å². The third-order valence-corrected chi connectivity index (χ3v) is 6.23. The van der Waals surface area contributed by atoms with E-state index in [1.54, 1.807) is 28.8 Å². The van der Waals surface area contributed by atoms with Crippen LogP contribution in [0.1, 0.15) is 31.5 Å². The van der Waals surface area contributed by atoms with E-state index in [1.807, 2.05) is 35.9 Å². The van der Waals surface area contributed by atoms with Crippen LogP contribution in [0, 0.1) is 0 Å². The fourth-order valence-electron chi connectivity index (χ4n) is 2.90. The summed E-state index contributed by atoms with van der Waals surface area (Å²) < 4.78 is 9.54. The number of nitrogens with zero attached hydrogens (tertiary/aromatic N) is 5. The van der Waals surface area contributed by atoms with E-state index in [4.69, 9.17) is 16.3 Å². The monoisotopic (exact) mass is 447 g/mol. The first-order valence-electron chi connectivity index (χ1n) is 8.99. The van der Waals surface area contributed by atoms with Crippen molar-refractivity contribution >= 4 is 39.7 Å². The normalized spacial score (nSPS) is 12.4. The average molecular weight is 448 g/mol. The Balaban J connectivity index is 1.51. The molecule has 10 heteroatoms. The minimum absolute atomic E-state index is 0.0759. The summed E-state index contributed by atoms with van der Waals surface area (Å²) in [6, 6.07) is 8.83. The molecule has 0 saturated carbocycles. The molecule has 0 bridgehead atoms. The van der Waals surface area contributed by atoms with E-state index in [-0.39, 0.29) is 11.7 Å². The predicted octanol–water partition coefficient (Wildman–Crippen LogP) is 4.45. The third kappa shape index (κ3) is 4.31. The number of fused-ring (bicyclic) bond motifs is 1. The third-order valence-electron chi connectivity index (χ3n) is 4.24. The van der Waals surface area contributed by atoms with Crippen LogP contribution in [0.25, 0.3) is 4.96 Å². The molecule has 4 aromatic rings. The maximum atomic E-state index is 12.1. The Bertz CT molecular complexity index is 1200. The van der Waals surface area contributed by atoms with Gasteiger partial charge in [0.15, 0.2) is 22.0 Å². The molecule has 3 heterocycles. The Kier molecular flexibility index (Phi) is 5.89. The Labute approximate surface area is 180 Å². The molecule has 0 fully saturated rings. The number of ether oxygens (including phenoxy) is 1. The second kappa shape index (κ2) is 8.56. The van der Waals surface area contributed by atoms with Gasteiger partial charge in [0.05, 0.1) is 5.69 Å². The summed E-state index contributed by atoms with van der Waals surface area (Å²) in [5.41, 5.74) is 0.644. The molecule has 0 saturated heterocycles. The van der Waals surface area contributed by atoms with E-state index in [1.165, 1.54) is 23.1 Å². The van der Waals surface area contributed by atoms with Crippen LogP contribution < -0.4 is 10.3 Å². The van der Waals surface area contributed by atoms with Crippen molar-refractivity contribution in [1.82, 2.24) is 24.1 Å². The van der Waals surface area contributed by atoms with Gasteiger partial charge in [-0.15, -0.1) is 21.5 Å². The highest BCUT2D eigenvalue weighted by Crippen LogP contribution is 2.27. The van der Waals surface area contributed by atoms with Gasteiger partial charge in [0, 0.05) is 35.0 Å². The number of benzene rings is 1. The average Bonchev–Trinajstić information content (AvgIpc) is 3.33. The van der Waals surface area contributed by atoms with E-state index in [0.29, 0.717) is 28.0 Å². The lowest BCUT2D eigenvalue weighted by Gasteiger charge is -2.15. The van der Waals surface area contributed by atoms with Crippen LogP contribution in [-0.2, 0) is 12.3 Å². The van der Waals surface area contributed by atoms with Gasteiger partial charge < -0.3 is 9.30 Å². The first-order chi connectivity index (χ1) is 14.0. The molecular formula is C19H18ClN5O2S2. The smallest absolute Gasteiger partial charge is 0.258 e. The number of thiazole rings is 1. The van der Waals surface area contributed by atoms with E-state index in [2.05, 4.69) is 15.2 Å². The molecule has 0 spiro atoms. The van der Waals surface area contributed by atoms with Gasteiger partial charge in [-0.3, -0.25) is 9.20 Å². The molecule has 150 valence electrons. The molecule has 0 N–H and O–H groups in total. The zero-order valence-corrected chi connectivity index (χ0v) is 18.2. The maximum absolute atomic E-state index is 12.1. The molecule has 0 radical (unpaired) electrons. The summed E-state index contributed by atoms with van der Waals surface area (Å²) in [7, 11) is 0. The van der Waals surface area contributed by atoms with Crippen molar-refractivity contribution < 1.29 is 4.74 Å². The van der Waals surface area contributed by atoms with Crippen LogP contribution in [-0.4, -0.2) is 24.1 Å². The molecule has 3 aromatic heterocycles. The summed E-state index contributed by atoms with van der Waals surface area (Å²) in [6.45, 7) is 4.66. The van der Waals surface area contributed by atoms with Crippen LogP contribution in [0.5, 0.6) is 5.75 Å². The number of hydrogen-bond donors (Lipinski definition) is 0. The fourth-order valence-corrected chi connectivity index (χ4v) is 4.72. The van der Waals surface area contributed by atoms with Gasteiger partial charge in [0.1, 0.15) is 5.75 Å². The highest BCUT2D eigenvalue weighted by Gasteiger charge is 2.19. The lowest BCUT2D eigenvalue weighted by molar-refractivity contribution is 0.210. The van der Waals surface area contributed by atoms with Gasteiger partial charge >= 0.3 is 0 Å². The SMILES string of the molecule is CCn1c(SCc2cc(=O)n3ccsc3n2)nnc1C(C)Oc1cccc(Cl)c1. The van der Waals surface area contributed by atoms with Crippen LogP contribution in [0.4, 0.5) is 0 Å². The topological polar surface area (TPSA) is 74.3 Å². The molecule has 29 heavy (non-hydrogen) atoms. The first kappa shape index (κ1) is 19.9. The molecule has 4 rings (SSSR count). The van der Waals surface area contributed by atoms with Crippen LogP contribution in [0.2, 0.25) is 5.02 Å². The van der Waals surface area contributed by atoms with Gasteiger partial charge in [-0.2, -0.15) is 0 Å². The van der Waals surface area contributed by atoms with Gasteiger partial charge in [-0.25, -0.2) is 4.98 Å². The molecular weight excluding hydrogens is 430 g/mol. The Morgan fingerprint density at radius 2 is 2.17 bits per heavy atom. The largest absolute Gasteiger partial charge is 0.483 e.